The second-order valence-electron chi connectivity index (χ2n) is 4.94. The van der Waals surface area contributed by atoms with E-state index < -0.39 is 10.8 Å². The van der Waals surface area contributed by atoms with E-state index in [-0.39, 0.29) is 11.3 Å². The molecule has 0 fully saturated rings. The molecule has 5 nitrogen and oxygen atoms in total. The van der Waals surface area contributed by atoms with E-state index in [1.165, 1.54) is 23.1 Å². The number of terminal acetylenes is 1. The molecule has 0 saturated heterocycles. The third-order valence-corrected chi connectivity index (χ3v) is 3.36. The summed E-state index contributed by atoms with van der Waals surface area (Å²) in [5.74, 6) is 2.11. The molecule has 0 aromatic heterocycles. The molecule has 23 heavy (non-hydrogen) atoms. The Balaban J connectivity index is 2.30. The first-order valence-electron chi connectivity index (χ1n) is 7.13. The van der Waals surface area contributed by atoms with Crippen molar-refractivity contribution in [3.05, 3.63) is 75.8 Å². The van der Waals surface area contributed by atoms with E-state index in [0.29, 0.717) is 19.5 Å². The van der Waals surface area contributed by atoms with Gasteiger partial charge in [0.1, 0.15) is 5.56 Å². The summed E-state index contributed by atoms with van der Waals surface area (Å²) in [6.45, 7) is 0.698. The van der Waals surface area contributed by atoms with E-state index in [1.807, 2.05) is 30.3 Å². The quantitative estimate of drug-likeness (QED) is 0.467. The van der Waals surface area contributed by atoms with Gasteiger partial charge in [0.05, 0.1) is 4.92 Å². The summed E-state index contributed by atoms with van der Waals surface area (Å²) in [4.78, 5) is 24.8. The van der Waals surface area contributed by atoms with Crippen LogP contribution in [0, 0.1) is 22.5 Å². The Morgan fingerprint density at radius 3 is 2.43 bits per heavy atom. The fraction of sp³-hybridized carbons (Fsp3) is 0.167. The zero-order chi connectivity index (χ0) is 16.7. The molecule has 0 aliphatic heterocycles. The Hall–Kier alpha value is -3.13. The molecule has 5 heteroatoms. The molecule has 2 aromatic rings. The van der Waals surface area contributed by atoms with Crippen LogP contribution in [0.2, 0.25) is 0 Å². The summed E-state index contributed by atoms with van der Waals surface area (Å²) in [5.41, 5.74) is 0.818. The van der Waals surface area contributed by atoms with Crippen LogP contribution in [0.3, 0.4) is 0 Å². The molecule has 0 spiro atoms. The highest BCUT2D eigenvalue weighted by Crippen LogP contribution is 2.20. The molecule has 0 N–H and O–H groups in total. The van der Waals surface area contributed by atoms with Gasteiger partial charge >= 0.3 is 0 Å². The lowest BCUT2D eigenvalue weighted by Crippen LogP contribution is -2.31. The van der Waals surface area contributed by atoms with Gasteiger partial charge in [-0.2, -0.15) is 0 Å². The second-order valence-corrected chi connectivity index (χ2v) is 4.94. The summed E-state index contributed by atoms with van der Waals surface area (Å²) in [7, 11) is 0. The van der Waals surface area contributed by atoms with Gasteiger partial charge < -0.3 is 4.90 Å². The molecule has 0 radical (unpaired) electrons. The first-order valence-corrected chi connectivity index (χ1v) is 7.13. The Kier molecular flexibility index (Phi) is 5.48. The molecule has 0 aliphatic rings. The molecule has 0 atom stereocenters. The minimum atomic E-state index is -0.547. The fourth-order valence-corrected chi connectivity index (χ4v) is 2.24. The minimum Gasteiger partial charge on any atom is -0.333 e. The third-order valence-electron chi connectivity index (χ3n) is 3.36. The van der Waals surface area contributed by atoms with E-state index in [9.17, 15) is 14.9 Å². The summed E-state index contributed by atoms with van der Waals surface area (Å²) < 4.78 is 0. The van der Waals surface area contributed by atoms with Crippen LogP contribution in [-0.2, 0) is 6.54 Å². The van der Waals surface area contributed by atoms with Crippen molar-refractivity contribution in [3.63, 3.8) is 0 Å². The van der Waals surface area contributed by atoms with Gasteiger partial charge in [0, 0.05) is 25.6 Å². The topological polar surface area (TPSA) is 63.5 Å². The summed E-state index contributed by atoms with van der Waals surface area (Å²) in [6.07, 6.45) is 5.68. The van der Waals surface area contributed by atoms with Gasteiger partial charge in [-0.15, -0.1) is 12.3 Å². The highest BCUT2D eigenvalue weighted by Gasteiger charge is 2.24. The highest BCUT2D eigenvalue weighted by atomic mass is 16.6. The first kappa shape index (κ1) is 16.2. The maximum atomic E-state index is 12.7. The molecule has 0 heterocycles. The van der Waals surface area contributed by atoms with Gasteiger partial charge in [0.25, 0.3) is 11.6 Å². The molecule has 0 bridgehead atoms. The molecule has 0 aliphatic carbocycles. The van der Waals surface area contributed by atoms with Crippen LogP contribution in [0.25, 0.3) is 0 Å². The van der Waals surface area contributed by atoms with Crippen molar-refractivity contribution in [2.75, 3.05) is 6.54 Å². The Morgan fingerprint density at radius 1 is 1.13 bits per heavy atom. The maximum Gasteiger partial charge on any atom is 0.282 e. The number of nitrogens with zero attached hydrogens (tertiary/aromatic N) is 2. The number of nitro groups is 1. The van der Waals surface area contributed by atoms with Crippen LogP contribution < -0.4 is 0 Å². The third kappa shape index (κ3) is 4.17. The van der Waals surface area contributed by atoms with Crippen LogP contribution in [0.15, 0.2) is 54.6 Å². The molecule has 0 unspecified atom stereocenters. The van der Waals surface area contributed by atoms with Gasteiger partial charge in [0.2, 0.25) is 0 Å². The Bertz CT molecular complexity index is 735. The highest BCUT2D eigenvalue weighted by molar-refractivity contribution is 5.98. The zero-order valence-corrected chi connectivity index (χ0v) is 12.5. The Morgan fingerprint density at radius 2 is 1.78 bits per heavy atom. The molecule has 0 saturated carbocycles. The monoisotopic (exact) mass is 308 g/mol. The molecule has 1 amide bonds. The largest absolute Gasteiger partial charge is 0.333 e. The zero-order valence-electron chi connectivity index (χ0n) is 12.5. The van der Waals surface area contributed by atoms with E-state index in [2.05, 4.69) is 5.92 Å². The normalized spacial score (nSPS) is 9.87. The maximum absolute atomic E-state index is 12.7. The number of hydrogen-bond acceptors (Lipinski definition) is 3. The minimum absolute atomic E-state index is 0.0745. The van der Waals surface area contributed by atoms with Crippen molar-refractivity contribution in [3.8, 4) is 12.3 Å². The van der Waals surface area contributed by atoms with Gasteiger partial charge in [0.15, 0.2) is 0 Å². The average Bonchev–Trinajstić information content (AvgIpc) is 2.58. The summed E-state index contributed by atoms with van der Waals surface area (Å²) in [6, 6.07) is 15.4. The van der Waals surface area contributed by atoms with Crippen molar-refractivity contribution in [2.24, 2.45) is 0 Å². The lowest BCUT2D eigenvalue weighted by Gasteiger charge is -2.22. The van der Waals surface area contributed by atoms with Gasteiger partial charge in [-0.05, 0) is 11.6 Å². The van der Waals surface area contributed by atoms with E-state index >= 15 is 0 Å². The number of para-hydroxylation sites is 1. The smallest absolute Gasteiger partial charge is 0.282 e. The number of carbonyl (C=O) groups excluding carboxylic acids is 1. The van der Waals surface area contributed by atoms with Crippen LogP contribution in [0.1, 0.15) is 22.3 Å². The molecular formula is C18H16N2O3. The second kappa shape index (κ2) is 7.76. The van der Waals surface area contributed by atoms with Crippen LogP contribution in [0.5, 0.6) is 0 Å². The number of carbonyl (C=O) groups is 1. The lowest BCUT2D eigenvalue weighted by atomic mass is 10.1. The lowest BCUT2D eigenvalue weighted by molar-refractivity contribution is -0.385. The molecule has 116 valence electrons. The predicted octanol–water partition coefficient (Wildman–Crippen LogP) is 3.26. The van der Waals surface area contributed by atoms with Crippen LogP contribution in [0.4, 0.5) is 5.69 Å². The van der Waals surface area contributed by atoms with Crippen molar-refractivity contribution in [1.29, 1.82) is 0 Å². The SMILES string of the molecule is C#CCCN(Cc1ccccc1)C(=O)c1ccccc1[N+](=O)[O-]. The summed E-state index contributed by atoms with van der Waals surface area (Å²) >= 11 is 0. The number of hydrogen-bond donors (Lipinski definition) is 0. The molecule has 2 rings (SSSR count). The first-order chi connectivity index (χ1) is 11.1. The van der Waals surface area contributed by atoms with Crippen molar-refractivity contribution in [2.45, 2.75) is 13.0 Å². The average molecular weight is 308 g/mol. The van der Waals surface area contributed by atoms with Gasteiger partial charge in [-0.3, -0.25) is 14.9 Å². The van der Waals surface area contributed by atoms with Gasteiger partial charge in [-0.25, -0.2) is 0 Å². The number of benzene rings is 2. The molecular weight excluding hydrogens is 292 g/mol. The fourth-order valence-electron chi connectivity index (χ4n) is 2.24. The summed E-state index contributed by atoms with van der Waals surface area (Å²) in [5, 5.41) is 11.1. The van der Waals surface area contributed by atoms with Crippen molar-refractivity contribution < 1.29 is 9.72 Å². The van der Waals surface area contributed by atoms with Crippen molar-refractivity contribution >= 4 is 11.6 Å². The molecule has 2 aromatic carbocycles. The number of amides is 1. The number of rotatable bonds is 6. The standard InChI is InChI=1S/C18H16N2O3/c1-2-3-13-19(14-15-9-5-4-6-10-15)18(21)16-11-7-8-12-17(16)20(22)23/h1,4-12H,3,13-14H2. The van der Waals surface area contributed by atoms with E-state index in [0.717, 1.165) is 5.56 Å². The predicted molar refractivity (Wildman–Crippen MR) is 87.7 cm³/mol. The van der Waals surface area contributed by atoms with Crippen molar-refractivity contribution in [1.82, 2.24) is 4.90 Å². The number of nitro benzene ring substituents is 1. The van der Waals surface area contributed by atoms with Crippen LogP contribution >= 0.6 is 0 Å². The van der Waals surface area contributed by atoms with Gasteiger partial charge in [-0.1, -0.05) is 42.5 Å². The van der Waals surface area contributed by atoms with E-state index in [1.54, 1.807) is 6.07 Å². The van der Waals surface area contributed by atoms with Crippen LogP contribution in [-0.4, -0.2) is 22.3 Å². The van der Waals surface area contributed by atoms with E-state index in [4.69, 9.17) is 6.42 Å². The Labute approximate surface area is 134 Å².